The Kier molecular flexibility index (Phi) is 31.8. The number of rotatable bonds is 12. The third kappa shape index (κ3) is 31.7. The number of unbranched alkanes of at least 4 members (excludes halogenated alkanes) is 9. The molecule has 3 heteroatoms. The zero-order valence-electron chi connectivity index (χ0n) is 12.7. The molecule has 19 heavy (non-hydrogen) atoms. The topological polar surface area (TPSA) is 61.0 Å². The normalized spacial score (nSPS) is 8.74. The molecular weight excluding hydrogens is 240 g/mol. The van der Waals surface area contributed by atoms with E-state index in [1.807, 2.05) is 0 Å². The van der Waals surface area contributed by atoms with Crippen LogP contribution in [0.3, 0.4) is 0 Å². The minimum absolute atomic E-state index is 0. The molecule has 0 unspecified atom stereocenters. The van der Waals surface area contributed by atoms with Gasteiger partial charge in [0.1, 0.15) is 0 Å². The van der Waals surface area contributed by atoms with Crippen molar-refractivity contribution in [2.24, 2.45) is 0 Å². The molecule has 0 aromatic heterocycles. The van der Waals surface area contributed by atoms with Crippen LogP contribution >= 0.6 is 0 Å². The van der Waals surface area contributed by atoms with Crippen molar-refractivity contribution >= 4 is 0 Å². The van der Waals surface area contributed by atoms with E-state index in [1.54, 1.807) is 0 Å². The minimum atomic E-state index is 0. The molecule has 0 saturated heterocycles. The maximum absolute atomic E-state index is 8.57. The molecule has 116 valence electrons. The van der Waals surface area contributed by atoms with Gasteiger partial charge in [-0.3, -0.25) is 0 Å². The van der Waals surface area contributed by atoms with Gasteiger partial charge in [-0.05, 0) is 6.42 Å². The number of aliphatic hydroxyl groups excluding tert-OH is 1. The standard InChI is InChI=1S/C12H26O.C4H6O.H2O/c1-2-3-4-5-6-7-8-9-10-11-12-13;1-3-5-4-2;/h13H,2-12H2,1H3;3-4H,1-2H2;1H2. The molecular formula is C16H34O3. The van der Waals surface area contributed by atoms with Crippen LogP contribution in [0, 0.1) is 0 Å². The van der Waals surface area contributed by atoms with Crippen molar-refractivity contribution in [3.8, 4) is 0 Å². The van der Waals surface area contributed by atoms with Gasteiger partial charge in [-0.2, -0.15) is 0 Å². The number of aliphatic hydroxyl groups is 1. The third-order valence-electron chi connectivity index (χ3n) is 2.70. The second-order valence-corrected chi connectivity index (χ2v) is 4.38. The fourth-order valence-corrected chi connectivity index (χ4v) is 1.67. The van der Waals surface area contributed by atoms with Crippen molar-refractivity contribution in [2.45, 2.75) is 71.1 Å². The molecule has 3 N–H and O–H groups in total. The Labute approximate surface area is 119 Å². The SMILES string of the molecule is C=COC=C.CCCCCCCCCCCCO.O. The first kappa shape index (κ1) is 23.3. The second kappa shape index (κ2) is 25.9. The lowest BCUT2D eigenvalue weighted by atomic mass is 10.1. The molecule has 0 heterocycles. The van der Waals surface area contributed by atoms with Crippen LogP contribution in [0.5, 0.6) is 0 Å². The summed E-state index contributed by atoms with van der Waals surface area (Å²) in [4.78, 5) is 0. The lowest BCUT2D eigenvalue weighted by Gasteiger charge is -2.00. The Hall–Kier alpha value is -0.800. The van der Waals surface area contributed by atoms with Gasteiger partial charge in [0.15, 0.2) is 0 Å². The fourth-order valence-electron chi connectivity index (χ4n) is 1.67. The first-order valence-corrected chi connectivity index (χ1v) is 7.31. The van der Waals surface area contributed by atoms with Gasteiger partial charge >= 0.3 is 0 Å². The number of hydrogen-bond acceptors (Lipinski definition) is 2. The highest BCUT2D eigenvalue weighted by Gasteiger charge is 1.91. The Morgan fingerprint density at radius 1 is 0.789 bits per heavy atom. The Morgan fingerprint density at radius 2 is 1.16 bits per heavy atom. The van der Waals surface area contributed by atoms with Gasteiger partial charge in [0, 0.05) is 6.61 Å². The van der Waals surface area contributed by atoms with Gasteiger partial charge in [-0.25, -0.2) is 0 Å². The summed E-state index contributed by atoms with van der Waals surface area (Å²) in [7, 11) is 0. The highest BCUT2D eigenvalue weighted by Crippen LogP contribution is 2.09. The Bertz CT molecular complexity index is 142. The maximum atomic E-state index is 8.57. The van der Waals surface area contributed by atoms with Gasteiger partial charge in [-0.15, -0.1) is 0 Å². The van der Waals surface area contributed by atoms with Gasteiger partial charge in [0.05, 0.1) is 12.5 Å². The van der Waals surface area contributed by atoms with Gasteiger partial charge in [0.25, 0.3) is 0 Å². The predicted molar refractivity (Wildman–Crippen MR) is 84.0 cm³/mol. The molecule has 0 aliphatic rings. The molecule has 0 spiro atoms. The van der Waals surface area contributed by atoms with Crippen molar-refractivity contribution in [1.82, 2.24) is 0 Å². The van der Waals surface area contributed by atoms with Crippen molar-refractivity contribution in [2.75, 3.05) is 6.61 Å². The van der Waals surface area contributed by atoms with Crippen LogP contribution in [-0.2, 0) is 4.74 Å². The summed E-state index contributed by atoms with van der Waals surface area (Å²) in [6.07, 6.45) is 15.9. The van der Waals surface area contributed by atoms with Crippen LogP contribution < -0.4 is 0 Å². The largest absolute Gasteiger partial charge is 0.474 e. The van der Waals surface area contributed by atoms with Crippen molar-refractivity contribution < 1.29 is 15.3 Å². The van der Waals surface area contributed by atoms with E-state index in [9.17, 15) is 0 Å². The molecule has 3 nitrogen and oxygen atoms in total. The van der Waals surface area contributed by atoms with Crippen LogP contribution in [0.15, 0.2) is 25.7 Å². The minimum Gasteiger partial charge on any atom is -0.474 e. The second-order valence-electron chi connectivity index (χ2n) is 4.38. The van der Waals surface area contributed by atoms with Gasteiger partial charge < -0.3 is 15.3 Å². The van der Waals surface area contributed by atoms with Crippen molar-refractivity contribution in [1.29, 1.82) is 0 Å². The van der Waals surface area contributed by atoms with E-state index in [-0.39, 0.29) is 5.48 Å². The van der Waals surface area contributed by atoms with Crippen molar-refractivity contribution in [3.05, 3.63) is 25.7 Å². The zero-order chi connectivity index (χ0) is 13.9. The molecule has 0 saturated carbocycles. The zero-order valence-corrected chi connectivity index (χ0v) is 12.7. The summed E-state index contributed by atoms with van der Waals surface area (Å²) in [5.74, 6) is 0. The molecule has 0 aliphatic heterocycles. The van der Waals surface area contributed by atoms with E-state index >= 15 is 0 Å². The smallest absolute Gasteiger partial charge is 0.0829 e. The first-order chi connectivity index (χ1) is 8.83. The molecule has 0 rings (SSSR count). The fraction of sp³-hybridized carbons (Fsp3) is 0.750. The molecule has 0 aromatic carbocycles. The van der Waals surface area contributed by atoms with E-state index in [2.05, 4.69) is 24.8 Å². The van der Waals surface area contributed by atoms with Crippen LogP contribution in [0.1, 0.15) is 71.1 Å². The van der Waals surface area contributed by atoms with E-state index in [1.165, 1.54) is 70.3 Å². The molecule has 0 bridgehead atoms. The summed E-state index contributed by atoms with van der Waals surface area (Å²) >= 11 is 0. The quantitative estimate of drug-likeness (QED) is 0.424. The molecule has 0 amide bonds. The predicted octanol–water partition coefficient (Wildman–Crippen LogP) is 4.36. The van der Waals surface area contributed by atoms with E-state index in [0.717, 1.165) is 6.42 Å². The summed E-state index contributed by atoms with van der Waals surface area (Å²) in [6.45, 7) is 9.14. The van der Waals surface area contributed by atoms with E-state index < -0.39 is 0 Å². The van der Waals surface area contributed by atoms with Gasteiger partial charge in [0.2, 0.25) is 0 Å². The van der Waals surface area contributed by atoms with E-state index in [4.69, 9.17) is 5.11 Å². The Morgan fingerprint density at radius 3 is 1.42 bits per heavy atom. The lowest BCUT2D eigenvalue weighted by molar-refractivity contribution is 0.282. The molecule has 0 fully saturated rings. The molecule has 0 aromatic rings. The maximum Gasteiger partial charge on any atom is 0.0829 e. The monoisotopic (exact) mass is 274 g/mol. The van der Waals surface area contributed by atoms with Gasteiger partial charge in [-0.1, -0.05) is 77.9 Å². The number of ether oxygens (including phenoxy) is 1. The van der Waals surface area contributed by atoms with Crippen LogP contribution in [0.2, 0.25) is 0 Å². The summed E-state index contributed by atoms with van der Waals surface area (Å²) in [5.41, 5.74) is 0. The van der Waals surface area contributed by atoms with Crippen molar-refractivity contribution in [3.63, 3.8) is 0 Å². The average molecular weight is 274 g/mol. The van der Waals surface area contributed by atoms with Crippen LogP contribution in [0.4, 0.5) is 0 Å². The molecule has 0 atom stereocenters. The molecule has 0 aliphatic carbocycles. The number of hydrogen-bond donors (Lipinski definition) is 1. The van der Waals surface area contributed by atoms with E-state index in [0.29, 0.717) is 6.61 Å². The third-order valence-corrected chi connectivity index (χ3v) is 2.70. The van der Waals surface area contributed by atoms with Crippen LogP contribution in [0.25, 0.3) is 0 Å². The Balaban J connectivity index is -0.000000366. The summed E-state index contributed by atoms with van der Waals surface area (Å²) in [5, 5.41) is 8.57. The highest BCUT2D eigenvalue weighted by atomic mass is 16.5. The highest BCUT2D eigenvalue weighted by molar-refractivity contribution is 4.57. The first-order valence-electron chi connectivity index (χ1n) is 7.31. The average Bonchev–Trinajstić information content (AvgIpc) is 2.39. The summed E-state index contributed by atoms with van der Waals surface area (Å²) < 4.78 is 4.36. The van der Waals surface area contributed by atoms with Crippen LogP contribution in [-0.4, -0.2) is 17.2 Å². The summed E-state index contributed by atoms with van der Waals surface area (Å²) in [6, 6.07) is 0. The lowest BCUT2D eigenvalue weighted by Crippen LogP contribution is -1.84. The molecule has 0 radical (unpaired) electrons.